The van der Waals surface area contributed by atoms with Crippen molar-refractivity contribution in [1.29, 1.82) is 0 Å². The maximum atomic E-state index is 4.52. The van der Waals surface area contributed by atoms with Gasteiger partial charge < -0.3 is 0 Å². The van der Waals surface area contributed by atoms with Crippen molar-refractivity contribution in [3.63, 3.8) is 0 Å². The highest BCUT2D eigenvalue weighted by Gasteiger charge is 2.43. The first-order valence-corrected chi connectivity index (χ1v) is 13.1. The molecule has 0 fully saturated rings. The Balaban J connectivity index is 1.52. The van der Waals surface area contributed by atoms with Crippen LogP contribution < -0.4 is 4.48 Å². The summed E-state index contributed by atoms with van der Waals surface area (Å²) in [5, 5.41) is 5.26. The molecule has 1 aliphatic rings. The maximum Gasteiger partial charge on any atom is 0.151 e. The number of quaternary nitrogens is 1. The number of thiophene rings is 1. The number of fused-ring (bicyclic) bond motifs is 8. The molecule has 4 heteroatoms. The molecule has 160 valence electrons. The van der Waals surface area contributed by atoms with E-state index in [0.29, 0.717) is 4.48 Å². The highest BCUT2D eigenvalue weighted by atomic mass is 32.1. The van der Waals surface area contributed by atoms with E-state index in [1.807, 2.05) is 16.8 Å². The minimum absolute atomic E-state index is 0.656. The van der Waals surface area contributed by atoms with Gasteiger partial charge in [0.1, 0.15) is 5.69 Å². The average molecular weight is 472 g/mol. The molecule has 3 heterocycles. The van der Waals surface area contributed by atoms with E-state index in [2.05, 4.69) is 103 Å². The number of thiazole rings is 1. The van der Waals surface area contributed by atoms with Crippen molar-refractivity contribution >= 4 is 80.9 Å². The first kappa shape index (κ1) is 18.8. The van der Waals surface area contributed by atoms with Crippen LogP contribution in [-0.2, 0) is 0 Å². The molecule has 7 aromatic rings. The van der Waals surface area contributed by atoms with Crippen LogP contribution in [0.2, 0.25) is 0 Å². The molecule has 0 radical (unpaired) electrons. The normalized spacial score (nSPS) is 17.1. The summed E-state index contributed by atoms with van der Waals surface area (Å²) in [6.45, 7) is 0. The molecule has 34 heavy (non-hydrogen) atoms. The van der Waals surface area contributed by atoms with Crippen LogP contribution in [0, 0.1) is 0 Å². The molecular formula is C30H19N2S2+. The highest BCUT2D eigenvalue weighted by molar-refractivity contribution is 7.25. The minimum Gasteiger partial charge on any atom is -0.245 e. The summed E-state index contributed by atoms with van der Waals surface area (Å²) in [6, 6.07) is 33.9. The van der Waals surface area contributed by atoms with Crippen LogP contribution in [0.1, 0.15) is 0 Å². The average Bonchev–Trinajstić information content (AvgIpc) is 3.55. The standard InChI is InChI=1S/C30H19N2S2/c1-32(20-10-11-25-30(14-20)33-17-31-25)26-13-19-7-3-2-6-18(19)12-22(26)23-16-29-24(15-27(23)32)21-8-4-5-9-28(21)34-29/h2-17H,1H3/q+1. The Kier molecular flexibility index (Phi) is 3.60. The predicted molar refractivity (Wildman–Crippen MR) is 149 cm³/mol. The van der Waals surface area contributed by atoms with Gasteiger partial charge in [-0.25, -0.2) is 9.47 Å². The molecular weight excluding hydrogens is 452 g/mol. The number of benzene rings is 5. The quantitative estimate of drug-likeness (QED) is 0.217. The molecule has 5 aromatic carbocycles. The molecule has 0 N–H and O–H groups in total. The van der Waals surface area contributed by atoms with Gasteiger partial charge in [0.05, 0.1) is 33.9 Å². The Morgan fingerprint density at radius 2 is 1.41 bits per heavy atom. The molecule has 1 aliphatic heterocycles. The zero-order valence-corrected chi connectivity index (χ0v) is 20.1. The Labute approximate surface area is 204 Å². The summed E-state index contributed by atoms with van der Waals surface area (Å²) < 4.78 is 4.59. The van der Waals surface area contributed by atoms with Crippen molar-refractivity contribution < 1.29 is 0 Å². The van der Waals surface area contributed by atoms with Crippen molar-refractivity contribution in [1.82, 2.24) is 9.47 Å². The van der Waals surface area contributed by atoms with Gasteiger partial charge in [0.2, 0.25) is 0 Å². The molecule has 2 nitrogen and oxygen atoms in total. The van der Waals surface area contributed by atoms with E-state index < -0.39 is 0 Å². The van der Waals surface area contributed by atoms with E-state index in [1.165, 1.54) is 63.8 Å². The summed E-state index contributed by atoms with van der Waals surface area (Å²) in [4.78, 5) is 4.52. The lowest BCUT2D eigenvalue weighted by Crippen LogP contribution is -2.31. The Morgan fingerprint density at radius 3 is 2.32 bits per heavy atom. The Bertz CT molecular complexity index is 1940. The molecule has 2 aromatic heterocycles. The van der Waals surface area contributed by atoms with E-state index >= 15 is 0 Å². The van der Waals surface area contributed by atoms with E-state index in [0.717, 1.165) is 5.52 Å². The zero-order valence-electron chi connectivity index (χ0n) is 18.4. The fraction of sp³-hybridized carbons (Fsp3) is 0.0333. The predicted octanol–water partition coefficient (Wildman–Crippen LogP) is 9.40. The third kappa shape index (κ3) is 2.35. The van der Waals surface area contributed by atoms with Gasteiger partial charge >= 0.3 is 0 Å². The lowest BCUT2D eigenvalue weighted by Gasteiger charge is -2.30. The van der Waals surface area contributed by atoms with Gasteiger partial charge in [-0.15, -0.1) is 22.7 Å². The molecule has 0 saturated heterocycles. The van der Waals surface area contributed by atoms with Crippen LogP contribution >= 0.6 is 22.7 Å². The van der Waals surface area contributed by atoms with Gasteiger partial charge in [-0.05, 0) is 35.0 Å². The fourth-order valence-corrected chi connectivity index (χ4v) is 7.53. The summed E-state index contributed by atoms with van der Waals surface area (Å²) in [5.74, 6) is 0. The minimum atomic E-state index is 0.656. The number of rotatable bonds is 1. The highest BCUT2D eigenvalue weighted by Crippen LogP contribution is 2.59. The van der Waals surface area contributed by atoms with Crippen LogP contribution in [-0.4, -0.2) is 12.0 Å². The fourth-order valence-electron chi connectivity index (χ4n) is 5.69. The third-order valence-electron chi connectivity index (χ3n) is 7.44. The third-order valence-corrected chi connectivity index (χ3v) is 9.37. The largest absolute Gasteiger partial charge is 0.245 e. The van der Waals surface area contributed by atoms with Crippen LogP contribution in [0.15, 0.2) is 96.5 Å². The number of aromatic nitrogens is 1. The smallest absolute Gasteiger partial charge is 0.151 e. The molecule has 1 atom stereocenters. The summed E-state index contributed by atoms with van der Waals surface area (Å²) in [6.07, 6.45) is 0. The molecule has 0 aliphatic carbocycles. The van der Waals surface area contributed by atoms with E-state index in [-0.39, 0.29) is 0 Å². The summed E-state index contributed by atoms with van der Waals surface area (Å²) in [5.41, 5.74) is 9.62. The van der Waals surface area contributed by atoms with Gasteiger partial charge in [-0.1, -0.05) is 42.5 Å². The van der Waals surface area contributed by atoms with E-state index in [9.17, 15) is 0 Å². The Hall–Kier alpha value is -3.57. The summed E-state index contributed by atoms with van der Waals surface area (Å²) >= 11 is 3.60. The number of hydrogen-bond donors (Lipinski definition) is 0. The van der Waals surface area contributed by atoms with E-state index in [4.69, 9.17) is 0 Å². The Morgan fingerprint density at radius 1 is 0.647 bits per heavy atom. The van der Waals surface area contributed by atoms with E-state index in [1.54, 1.807) is 11.3 Å². The van der Waals surface area contributed by atoms with Crippen LogP contribution in [0.3, 0.4) is 0 Å². The van der Waals surface area contributed by atoms with Gasteiger partial charge in [0, 0.05) is 44.4 Å². The number of nitrogens with zero attached hydrogens (tertiary/aromatic N) is 2. The van der Waals surface area contributed by atoms with Gasteiger partial charge in [-0.2, -0.15) is 0 Å². The van der Waals surface area contributed by atoms with Crippen molar-refractivity contribution in [3.05, 3.63) is 96.5 Å². The molecule has 0 bridgehead atoms. The van der Waals surface area contributed by atoms with Crippen molar-refractivity contribution in [2.45, 2.75) is 0 Å². The second kappa shape index (κ2) is 6.51. The lowest BCUT2D eigenvalue weighted by atomic mass is 10.0. The molecule has 0 saturated carbocycles. The second-order valence-corrected chi connectivity index (χ2v) is 11.2. The first-order valence-electron chi connectivity index (χ1n) is 11.4. The van der Waals surface area contributed by atoms with Crippen molar-refractivity contribution in [2.75, 3.05) is 7.05 Å². The zero-order chi connectivity index (χ0) is 22.4. The topological polar surface area (TPSA) is 12.9 Å². The summed E-state index contributed by atoms with van der Waals surface area (Å²) in [7, 11) is 2.35. The van der Waals surface area contributed by atoms with Crippen molar-refractivity contribution in [2.24, 2.45) is 0 Å². The van der Waals surface area contributed by atoms with Crippen LogP contribution in [0.4, 0.5) is 17.1 Å². The van der Waals surface area contributed by atoms with Crippen LogP contribution in [0.25, 0.3) is 52.3 Å². The van der Waals surface area contributed by atoms with Gasteiger partial charge in [-0.3, -0.25) is 0 Å². The van der Waals surface area contributed by atoms with Crippen molar-refractivity contribution in [3.8, 4) is 11.1 Å². The lowest BCUT2D eigenvalue weighted by molar-refractivity contribution is 0.645. The van der Waals surface area contributed by atoms with Gasteiger partial charge in [0.25, 0.3) is 0 Å². The molecule has 0 amide bonds. The SMILES string of the molecule is C[N+]1(c2ccc3ncsc3c2)c2cc3ccccc3cc2-c2cc3sc4ccccc4c3cc21. The molecule has 1 unspecified atom stereocenters. The van der Waals surface area contributed by atoms with Gasteiger partial charge in [0.15, 0.2) is 11.4 Å². The second-order valence-electron chi connectivity index (χ2n) is 9.19. The maximum absolute atomic E-state index is 4.52. The van der Waals surface area contributed by atoms with Crippen LogP contribution in [0.5, 0.6) is 0 Å². The molecule has 8 rings (SSSR count). The first-order chi connectivity index (χ1) is 16.7. The monoisotopic (exact) mass is 471 g/mol. The molecule has 0 spiro atoms. The number of hydrogen-bond acceptors (Lipinski definition) is 3.